The molecule has 1 amide bonds. The predicted octanol–water partition coefficient (Wildman–Crippen LogP) is 1.22. The van der Waals surface area contributed by atoms with Gasteiger partial charge in [-0.15, -0.1) is 0 Å². The SMILES string of the molecule is CN(C)c1ncccc1NC(=O)CCCCN. The molecular formula is C12H20N4O. The maximum atomic E-state index is 11.7. The summed E-state index contributed by atoms with van der Waals surface area (Å²) in [5.74, 6) is 0.772. The summed E-state index contributed by atoms with van der Waals surface area (Å²) in [6.07, 6.45) is 3.90. The molecule has 0 aromatic carbocycles. The molecule has 1 aromatic heterocycles. The zero-order valence-electron chi connectivity index (χ0n) is 10.4. The Morgan fingerprint density at radius 1 is 1.47 bits per heavy atom. The van der Waals surface area contributed by atoms with Crippen LogP contribution in [0, 0.1) is 0 Å². The van der Waals surface area contributed by atoms with Gasteiger partial charge in [-0.25, -0.2) is 4.98 Å². The average Bonchev–Trinajstić information content (AvgIpc) is 2.29. The Kier molecular flexibility index (Phi) is 5.42. The fourth-order valence-corrected chi connectivity index (χ4v) is 1.49. The third kappa shape index (κ3) is 4.40. The molecule has 0 aliphatic heterocycles. The number of carbonyl (C=O) groups is 1. The van der Waals surface area contributed by atoms with E-state index in [1.165, 1.54) is 0 Å². The largest absolute Gasteiger partial charge is 0.361 e. The van der Waals surface area contributed by atoms with Crippen LogP contribution in [-0.2, 0) is 4.79 Å². The minimum Gasteiger partial charge on any atom is -0.361 e. The Morgan fingerprint density at radius 3 is 2.88 bits per heavy atom. The average molecular weight is 236 g/mol. The summed E-state index contributed by atoms with van der Waals surface area (Å²) in [5.41, 5.74) is 6.13. The molecule has 5 nitrogen and oxygen atoms in total. The summed E-state index contributed by atoms with van der Waals surface area (Å²) in [7, 11) is 3.79. The number of pyridine rings is 1. The smallest absolute Gasteiger partial charge is 0.224 e. The lowest BCUT2D eigenvalue weighted by Gasteiger charge is -2.16. The van der Waals surface area contributed by atoms with Crippen molar-refractivity contribution in [3.8, 4) is 0 Å². The molecule has 3 N–H and O–H groups in total. The zero-order valence-corrected chi connectivity index (χ0v) is 10.4. The molecule has 94 valence electrons. The number of aromatic nitrogens is 1. The van der Waals surface area contributed by atoms with Crippen LogP contribution in [0.1, 0.15) is 19.3 Å². The van der Waals surface area contributed by atoms with Crippen LogP contribution >= 0.6 is 0 Å². The third-order valence-electron chi connectivity index (χ3n) is 2.34. The summed E-state index contributed by atoms with van der Waals surface area (Å²) in [6, 6.07) is 3.66. The van der Waals surface area contributed by atoms with Crippen molar-refractivity contribution in [3.05, 3.63) is 18.3 Å². The maximum Gasteiger partial charge on any atom is 0.224 e. The molecule has 1 rings (SSSR count). The van der Waals surface area contributed by atoms with E-state index in [0.717, 1.165) is 24.3 Å². The van der Waals surface area contributed by atoms with Crippen molar-refractivity contribution in [3.63, 3.8) is 0 Å². The second kappa shape index (κ2) is 6.85. The van der Waals surface area contributed by atoms with Crippen LogP contribution < -0.4 is 16.0 Å². The van der Waals surface area contributed by atoms with Crippen LogP contribution in [-0.4, -0.2) is 31.5 Å². The molecule has 1 heterocycles. The van der Waals surface area contributed by atoms with Gasteiger partial charge in [0.15, 0.2) is 5.82 Å². The number of carbonyl (C=O) groups excluding carboxylic acids is 1. The summed E-state index contributed by atoms with van der Waals surface area (Å²) in [4.78, 5) is 17.8. The summed E-state index contributed by atoms with van der Waals surface area (Å²) < 4.78 is 0. The monoisotopic (exact) mass is 236 g/mol. The van der Waals surface area contributed by atoms with Crippen molar-refractivity contribution in [1.29, 1.82) is 0 Å². The fraction of sp³-hybridized carbons (Fsp3) is 0.500. The van der Waals surface area contributed by atoms with Gasteiger partial charge in [0, 0.05) is 26.7 Å². The quantitative estimate of drug-likeness (QED) is 0.728. The molecule has 0 aliphatic rings. The molecular weight excluding hydrogens is 216 g/mol. The molecule has 0 aliphatic carbocycles. The lowest BCUT2D eigenvalue weighted by atomic mass is 10.2. The second-order valence-electron chi connectivity index (χ2n) is 4.06. The highest BCUT2D eigenvalue weighted by Gasteiger charge is 2.08. The lowest BCUT2D eigenvalue weighted by Crippen LogP contribution is -2.17. The van der Waals surface area contributed by atoms with Crippen LogP contribution in [0.3, 0.4) is 0 Å². The number of anilines is 2. The number of nitrogens with zero attached hydrogens (tertiary/aromatic N) is 2. The third-order valence-corrected chi connectivity index (χ3v) is 2.34. The highest BCUT2D eigenvalue weighted by atomic mass is 16.1. The first-order valence-corrected chi connectivity index (χ1v) is 5.77. The standard InChI is InChI=1S/C12H20N4O/c1-16(2)12-10(6-5-9-14-12)15-11(17)7-3-4-8-13/h5-6,9H,3-4,7-8,13H2,1-2H3,(H,15,17). The van der Waals surface area contributed by atoms with Crippen LogP contribution in [0.25, 0.3) is 0 Å². The van der Waals surface area contributed by atoms with E-state index >= 15 is 0 Å². The Labute approximate surface area is 102 Å². The number of nitrogens with two attached hydrogens (primary N) is 1. The van der Waals surface area contributed by atoms with Crippen LogP contribution in [0.4, 0.5) is 11.5 Å². The van der Waals surface area contributed by atoms with Gasteiger partial charge in [-0.05, 0) is 31.5 Å². The Balaban J connectivity index is 2.58. The highest BCUT2D eigenvalue weighted by Crippen LogP contribution is 2.20. The fourth-order valence-electron chi connectivity index (χ4n) is 1.49. The van der Waals surface area contributed by atoms with Gasteiger partial charge in [0.25, 0.3) is 0 Å². The topological polar surface area (TPSA) is 71.2 Å². The van der Waals surface area contributed by atoms with Crippen LogP contribution in [0.2, 0.25) is 0 Å². The Morgan fingerprint density at radius 2 is 2.24 bits per heavy atom. The normalized spacial score (nSPS) is 10.1. The number of nitrogens with one attached hydrogen (secondary N) is 1. The van der Waals surface area contributed by atoms with Crippen molar-refractivity contribution in [2.75, 3.05) is 30.9 Å². The van der Waals surface area contributed by atoms with Gasteiger partial charge in [0.1, 0.15) is 0 Å². The molecule has 17 heavy (non-hydrogen) atoms. The van der Waals surface area contributed by atoms with Gasteiger partial charge in [-0.2, -0.15) is 0 Å². The van der Waals surface area contributed by atoms with Gasteiger partial charge >= 0.3 is 0 Å². The van der Waals surface area contributed by atoms with E-state index in [-0.39, 0.29) is 5.91 Å². The lowest BCUT2D eigenvalue weighted by molar-refractivity contribution is -0.116. The van der Waals surface area contributed by atoms with E-state index < -0.39 is 0 Å². The van der Waals surface area contributed by atoms with Crippen LogP contribution in [0.15, 0.2) is 18.3 Å². The van der Waals surface area contributed by atoms with Gasteiger partial charge in [-0.1, -0.05) is 0 Å². The van der Waals surface area contributed by atoms with E-state index in [2.05, 4.69) is 10.3 Å². The number of amides is 1. The molecule has 0 saturated heterocycles. The summed E-state index contributed by atoms with van der Waals surface area (Å²) in [5, 5.41) is 2.87. The molecule has 0 unspecified atom stereocenters. The molecule has 0 saturated carbocycles. The minimum atomic E-state index is 0.00884. The molecule has 0 spiro atoms. The van der Waals surface area contributed by atoms with Crippen molar-refractivity contribution < 1.29 is 4.79 Å². The molecule has 5 heteroatoms. The van der Waals surface area contributed by atoms with Crippen molar-refractivity contribution in [2.24, 2.45) is 5.73 Å². The van der Waals surface area contributed by atoms with E-state index in [1.807, 2.05) is 31.1 Å². The molecule has 0 atom stereocenters. The first-order chi connectivity index (χ1) is 8.15. The van der Waals surface area contributed by atoms with E-state index in [1.54, 1.807) is 6.20 Å². The predicted molar refractivity (Wildman–Crippen MR) is 70.1 cm³/mol. The van der Waals surface area contributed by atoms with Gasteiger partial charge in [0.2, 0.25) is 5.91 Å². The second-order valence-corrected chi connectivity index (χ2v) is 4.06. The Bertz CT molecular complexity index is 365. The number of rotatable bonds is 6. The van der Waals surface area contributed by atoms with Crippen molar-refractivity contribution in [1.82, 2.24) is 4.98 Å². The Hall–Kier alpha value is -1.62. The first-order valence-electron chi connectivity index (χ1n) is 5.77. The van der Waals surface area contributed by atoms with E-state index in [4.69, 9.17) is 5.73 Å². The van der Waals surface area contributed by atoms with Gasteiger partial charge in [-0.3, -0.25) is 4.79 Å². The van der Waals surface area contributed by atoms with Crippen molar-refractivity contribution in [2.45, 2.75) is 19.3 Å². The first kappa shape index (κ1) is 13.4. The minimum absolute atomic E-state index is 0.00884. The molecule has 0 bridgehead atoms. The summed E-state index contributed by atoms with van der Waals surface area (Å²) >= 11 is 0. The highest BCUT2D eigenvalue weighted by molar-refractivity contribution is 5.93. The summed E-state index contributed by atoms with van der Waals surface area (Å²) in [6.45, 7) is 0.628. The number of hydrogen-bond acceptors (Lipinski definition) is 4. The van der Waals surface area contributed by atoms with Crippen LogP contribution in [0.5, 0.6) is 0 Å². The molecule has 1 aromatic rings. The molecule has 0 fully saturated rings. The van der Waals surface area contributed by atoms with Crippen molar-refractivity contribution >= 4 is 17.4 Å². The van der Waals surface area contributed by atoms with Gasteiger partial charge in [0.05, 0.1) is 5.69 Å². The van der Waals surface area contributed by atoms with E-state index in [9.17, 15) is 4.79 Å². The van der Waals surface area contributed by atoms with E-state index in [0.29, 0.717) is 13.0 Å². The number of unbranched alkanes of at least 4 members (excludes halogenated alkanes) is 1. The molecule has 0 radical (unpaired) electrons. The van der Waals surface area contributed by atoms with Gasteiger partial charge < -0.3 is 16.0 Å². The number of hydrogen-bond donors (Lipinski definition) is 2. The maximum absolute atomic E-state index is 11.7. The zero-order chi connectivity index (χ0) is 12.7.